The highest BCUT2D eigenvalue weighted by Gasteiger charge is 2.25. The molecule has 4 nitrogen and oxygen atoms in total. The van der Waals surface area contributed by atoms with Crippen LogP contribution in [0, 0.1) is 11.7 Å². The van der Waals surface area contributed by atoms with Crippen LogP contribution in [0.15, 0.2) is 28.7 Å². The molecule has 1 aromatic carbocycles. The van der Waals surface area contributed by atoms with Crippen molar-refractivity contribution in [2.45, 2.75) is 12.8 Å². The average Bonchev–Trinajstić information content (AvgIpc) is 2.92. The lowest BCUT2D eigenvalue weighted by Gasteiger charge is -2.30. The summed E-state index contributed by atoms with van der Waals surface area (Å²) in [5.41, 5.74) is 0.126. The van der Waals surface area contributed by atoms with Gasteiger partial charge in [0.1, 0.15) is 0 Å². The van der Waals surface area contributed by atoms with Gasteiger partial charge in [-0.2, -0.15) is 0 Å². The third-order valence-electron chi connectivity index (χ3n) is 3.87. The summed E-state index contributed by atoms with van der Waals surface area (Å²) in [7, 11) is 0. The number of aliphatic hydroxyl groups is 1. The molecule has 0 atom stereocenters. The van der Waals surface area contributed by atoms with Gasteiger partial charge >= 0.3 is 0 Å². The molecule has 2 aromatic rings. The quantitative estimate of drug-likeness (QED) is 0.917. The first-order valence-corrected chi connectivity index (χ1v) is 6.77. The standard InChI is InChI=1S/C15H16FNO3/c16-12-3-1-2-11-8-13(20-14(11)12)15(19)17-6-4-10(9-18)5-7-17/h1-3,8,10,18H,4-7,9H2. The molecule has 20 heavy (non-hydrogen) atoms. The lowest BCUT2D eigenvalue weighted by atomic mass is 9.98. The Labute approximate surface area is 115 Å². The normalized spacial score (nSPS) is 16.8. The fourth-order valence-electron chi connectivity index (χ4n) is 2.61. The second-order valence-electron chi connectivity index (χ2n) is 5.19. The molecule has 0 bridgehead atoms. The molecule has 2 heterocycles. The van der Waals surface area contributed by atoms with E-state index in [1.165, 1.54) is 6.07 Å². The Bertz CT molecular complexity index is 629. The molecule has 0 aliphatic carbocycles. The van der Waals surface area contributed by atoms with Crippen molar-refractivity contribution in [1.29, 1.82) is 0 Å². The first-order valence-electron chi connectivity index (χ1n) is 6.77. The topological polar surface area (TPSA) is 53.7 Å². The van der Waals surface area contributed by atoms with Crippen LogP contribution in [0.1, 0.15) is 23.4 Å². The number of rotatable bonds is 2. The number of carbonyl (C=O) groups excluding carboxylic acids is 1. The molecule has 0 unspecified atom stereocenters. The van der Waals surface area contributed by atoms with E-state index in [-0.39, 0.29) is 29.8 Å². The summed E-state index contributed by atoms with van der Waals surface area (Å²) in [6.07, 6.45) is 1.58. The van der Waals surface area contributed by atoms with Gasteiger partial charge in [0.15, 0.2) is 17.2 Å². The summed E-state index contributed by atoms with van der Waals surface area (Å²) in [6.45, 7) is 1.37. The molecular formula is C15H16FNO3. The Morgan fingerprint density at radius 1 is 1.40 bits per heavy atom. The Hall–Kier alpha value is -1.88. The van der Waals surface area contributed by atoms with Crippen molar-refractivity contribution in [3.8, 4) is 0 Å². The highest BCUT2D eigenvalue weighted by molar-refractivity contribution is 5.96. The number of piperidine rings is 1. The number of fused-ring (bicyclic) bond motifs is 1. The van der Waals surface area contributed by atoms with Crippen molar-refractivity contribution in [2.24, 2.45) is 5.92 Å². The number of hydrogen-bond donors (Lipinski definition) is 1. The first-order chi connectivity index (χ1) is 9.69. The molecule has 106 valence electrons. The maximum atomic E-state index is 13.6. The lowest BCUT2D eigenvalue weighted by molar-refractivity contribution is 0.0622. The second-order valence-corrected chi connectivity index (χ2v) is 5.19. The monoisotopic (exact) mass is 277 g/mol. The molecule has 1 aliphatic rings. The first kappa shape index (κ1) is 13.1. The summed E-state index contributed by atoms with van der Waals surface area (Å²) in [4.78, 5) is 14.0. The number of carbonyl (C=O) groups is 1. The Morgan fingerprint density at radius 3 is 2.80 bits per heavy atom. The van der Waals surface area contributed by atoms with Crippen LogP contribution in [0.5, 0.6) is 0 Å². The van der Waals surface area contributed by atoms with E-state index in [1.807, 2.05) is 0 Å². The Kier molecular flexibility index (Phi) is 3.44. The van der Waals surface area contributed by atoms with Crippen LogP contribution in [0.25, 0.3) is 11.0 Å². The van der Waals surface area contributed by atoms with Crippen molar-refractivity contribution in [1.82, 2.24) is 4.90 Å². The van der Waals surface area contributed by atoms with E-state index in [4.69, 9.17) is 9.52 Å². The summed E-state index contributed by atoms with van der Waals surface area (Å²) in [6, 6.07) is 6.20. The van der Waals surface area contributed by atoms with Gasteiger partial charge in [-0.15, -0.1) is 0 Å². The zero-order valence-corrected chi connectivity index (χ0v) is 11.0. The molecule has 1 N–H and O–H groups in total. The summed E-state index contributed by atoms with van der Waals surface area (Å²) < 4.78 is 18.9. The van der Waals surface area contributed by atoms with Crippen molar-refractivity contribution < 1.29 is 18.7 Å². The van der Waals surface area contributed by atoms with Crippen LogP contribution in [0.3, 0.4) is 0 Å². The summed E-state index contributed by atoms with van der Waals surface area (Å²) in [5, 5.41) is 9.69. The number of para-hydroxylation sites is 1. The molecule has 5 heteroatoms. The number of likely N-dealkylation sites (tertiary alicyclic amines) is 1. The predicted molar refractivity (Wildman–Crippen MR) is 71.9 cm³/mol. The second kappa shape index (κ2) is 5.25. The number of amides is 1. The van der Waals surface area contributed by atoms with Crippen LogP contribution in [-0.2, 0) is 0 Å². The molecule has 3 rings (SSSR count). The Balaban J connectivity index is 1.81. The van der Waals surface area contributed by atoms with Crippen LogP contribution in [0.2, 0.25) is 0 Å². The van der Waals surface area contributed by atoms with Gasteiger partial charge in [0, 0.05) is 25.1 Å². The maximum absolute atomic E-state index is 13.6. The number of benzene rings is 1. The van der Waals surface area contributed by atoms with Crippen molar-refractivity contribution in [2.75, 3.05) is 19.7 Å². The fourth-order valence-corrected chi connectivity index (χ4v) is 2.61. The van der Waals surface area contributed by atoms with Gasteiger partial charge in [-0.1, -0.05) is 12.1 Å². The van der Waals surface area contributed by atoms with Crippen molar-refractivity contribution in [3.63, 3.8) is 0 Å². The van der Waals surface area contributed by atoms with Gasteiger partial charge in [-0.25, -0.2) is 4.39 Å². The largest absolute Gasteiger partial charge is 0.448 e. The average molecular weight is 277 g/mol. The summed E-state index contributed by atoms with van der Waals surface area (Å²) in [5.74, 6) is -0.225. The predicted octanol–water partition coefficient (Wildman–Crippen LogP) is 2.42. The molecule has 1 aromatic heterocycles. The molecule has 0 radical (unpaired) electrons. The van der Waals surface area contributed by atoms with E-state index in [0.717, 1.165) is 12.8 Å². The van der Waals surface area contributed by atoms with Crippen LogP contribution >= 0.6 is 0 Å². The number of halogens is 1. The molecule has 0 saturated carbocycles. The van der Waals surface area contributed by atoms with Gasteiger partial charge in [0.25, 0.3) is 5.91 Å². The van der Waals surface area contributed by atoms with Gasteiger partial charge < -0.3 is 14.4 Å². The van der Waals surface area contributed by atoms with Crippen LogP contribution < -0.4 is 0 Å². The molecule has 1 saturated heterocycles. The van der Waals surface area contributed by atoms with Gasteiger partial charge in [-0.05, 0) is 30.9 Å². The van der Waals surface area contributed by atoms with Crippen molar-refractivity contribution in [3.05, 3.63) is 35.8 Å². The van der Waals surface area contributed by atoms with Crippen molar-refractivity contribution >= 4 is 16.9 Å². The molecule has 1 aliphatic heterocycles. The maximum Gasteiger partial charge on any atom is 0.289 e. The molecule has 0 spiro atoms. The number of furan rings is 1. The number of hydrogen-bond acceptors (Lipinski definition) is 3. The van der Waals surface area contributed by atoms with Crippen LogP contribution in [-0.4, -0.2) is 35.6 Å². The number of aliphatic hydroxyl groups excluding tert-OH is 1. The molecular weight excluding hydrogens is 261 g/mol. The van der Waals surface area contributed by atoms with Gasteiger partial charge in [-0.3, -0.25) is 4.79 Å². The lowest BCUT2D eigenvalue weighted by Crippen LogP contribution is -2.39. The van der Waals surface area contributed by atoms with E-state index in [1.54, 1.807) is 23.1 Å². The minimum atomic E-state index is -0.458. The summed E-state index contributed by atoms with van der Waals surface area (Å²) >= 11 is 0. The Morgan fingerprint density at radius 2 is 2.15 bits per heavy atom. The zero-order chi connectivity index (χ0) is 14.1. The minimum absolute atomic E-state index is 0.126. The zero-order valence-electron chi connectivity index (χ0n) is 11.0. The van der Waals surface area contributed by atoms with E-state index < -0.39 is 5.82 Å². The highest BCUT2D eigenvalue weighted by atomic mass is 19.1. The third kappa shape index (κ3) is 2.29. The van der Waals surface area contributed by atoms with E-state index in [2.05, 4.69) is 0 Å². The highest BCUT2D eigenvalue weighted by Crippen LogP contribution is 2.24. The fraction of sp³-hybridized carbons (Fsp3) is 0.400. The van der Waals surface area contributed by atoms with Gasteiger partial charge in [0.05, 0.1) is 0 Å². The minimum Gasteiger partial charge on any atom is -0.448 e. The van der Waals surface area contributed by atoms with E-state index >= 15 is 0 Å². The third-order valence-corrected chi connectivity index (χ3v) is 3.87. The van der Waals surface area contributed by atoms with E-state index in [9.17, 15) is 9.18 Å². The van der Waals surface area contributed by atoms with E-state index in [0.29, 0.717) is 18.5 Å². The van der Waals surface area contributed by atoms with Gasteiger partial charge in [0.2, 0.25) is 0 Å². The smallest absolute Gasteiger partial charge is 0.289 e. The molecule has 1 fully saturated rings. The molecule has 1 amide bonds. The number of nitrogens with zero attached hydrogens (tertiary/aromatic N) is 1. The van der Waals surface area contributed by atoms with Crippen LogP contribution in [0.4, 0.5) is 4.39 Å². The SMILES string of the molecule is O=C(c1cc2cccc(F)c2o1)N1CCC(CO)CC1.